The lowest BCUT2D eigenvalue weighted by molar-refractivity contribution is -0.0110. The molecule has 1 saturated heterocycles. The van der Waals surface area contributed by atoms with Gasteiger partial charge in [-0.05, 0) is 37.5 Å². The van der Waals surface area contributed by atoms with Crippen LogP contribution in [0.15, 0.2) is 22.7 Å². The third-order valence-electron chi connectivity index (χ3n) is 2.80. The quantitative estimate of drug-likeness (QED) is 0.801. The monoisotopic (exact) mass is 298 g/mol. The first-order valence-corrected chi connectivity index (χ1v) is 6.58. The van der Waals surface area contributed by atoms with Crippen molar-refractivity contribution in [3.05, 3.63) is 28.2 Å². The van der Waals surface area contributed by atoms with E-state index in [1.807, 2.05) is 12.1 Å². The number of carbonyl (C=O) groups is 1. The summed E-state index contributed by atoms with van der Waals surface area (Å²) < 4.78 is 12.0. The topological polar surface area (TPSA) is 35.5 Å². The highest BCUT2D eigenvalue weighted by Crippen LogP contribution is 2.22. The Balaban J connectivity index is 1.91. The Morgan fingerprint density at radius 3 is 3.06 bits per heavy atom. The van der Waals surface area contributed by atoms with Crippen LogP contribution in [0.4, 0.5) is 0 Å². The molecule has 0 saturated carbocycles. The van der Waals surface area contributed by atoms with E-state index in [0.717, 1.165) is 30.2 Å². The summed E-state index contributed by atoms with van der Waals surface area (Å²) in [5, 5.41) is 0. The average molecular weight is 299 g/mol. The molecule has 0 bridgehead atoms. The summed E-state index contributed by atoms with van der Waals surface area (Å²) in [6, 6.07) is 5.40. The summed E-state index contributed by atoms with van der Waals surface area (Å²) in [5.74, 6) is 0.712. The minimum atomic E-state index is 0.187. The number of aldehydes is 1. The molecule has 92 valence electrons. The molecule has 0 N–H and O–H groups in total. The Morgan fingerprint density at radius 1 is 1.47 bits per heavy atom. The van der Waals surface area contributed by atoms with Crippen LogP contribution in [-0.2, 0) is 4.74 Å². The minimum absolute atomic E-state index is 0.187. The van der Waals surface area contributed by atoms with Crippen molar-refractivity contribution >= 4 is 22.2 Å². The molecular formula is C13H15BrO3. The van der Waals surface area contributed by atoms with E-state index in [4.69, 9.17) is 9.47 Å². The average Bonchev–Trinajstić information content (AvgIpc) is 2.39. The molecule has 2 rings (SSSR count). The molecule has 4 heteroatoms. The lowest BCUT2D eigenvalue weighted by Crippen LogP contribution is -2.25. The molecule has 0 radical (unpaired) electrons. The summed E-state index contributed by atoms with van der Waals surface area (Å²) >= 11 is 3.31. The van der Waals surface area contributed by atoms with Crippen LogP contribution in [-0.4, -0.2) is 25.6 Å². The highest BCUT2D eigenvalue weighted by molar-refractivity contribution is 9.10. The van der Waals surface area contributed by atoms with Gasteiger partial charge in [0.1, 0.15) is 12.4 Å². The summed E-state index contributed by atoms with van der Waals surface area (Å²) in [4.78, 5) is 10.8. The zero-order chi connectivity index (χ0) is 12.1. The number of benzene rings is 1. The van der Waals surface area contributed by atoms with Crippen LogP contribution >= 0.6 is 15.9 Å². The third kappa shape index (κ3) is 3.54. The standard InChI is InChI=1S/C13H15BrO3/c14-13-5-4-11(7-10(13)8-15)17-9-12-3-1-2-6-16-12/h4-5,7-8,12H,1-3,6,9H2. The molecule has 0 spiro atoms. The minimum Gasteiger partial charge on any atom is -0.491 e. The van der Waals surface area contributed by atoms with Crippen molar-refractivity contribution < 1.29 is 14.3 Å². The van der Waals surface area contributed by atoms with Gasteiger partial charge in [-0.1, -0.05) is 15.9 Å². The molecule has 0 amide bonds. The first kappa shape index (κ1) is 12.6. The number of rotatable bonds is 4. The number of ether oxygens (including phenoxy) is 2. The van der Waals surface area contributed by atoms with Gasteiger partial charge in [0.25, 0.3) is 0 Å². The molecule has 1 fully saturated rings. The van der Waals surface area contributed by atoms with E-state index >= 15 is 0 Å². The Kier molecular flexibility index (Phi) is 4.57. The van der Waals surface area contributed by atoms with E-state index in [1.165, 1.54) is 6.42 Å². The zero-order valence-corrected chi connectivity index (χ0v) is 11.1. The van der Waals surface area contributed by atoms with Gasteiger partial charge in [0.2, 0.25) is 0 Å². The predicted octanol–water partition coefficient (Wildman–Crippen LogP) is 3.21. The van der Waals surface area contributed by atoms with Crippen LogP contribution in [0.25, 0.3) is 0 Å². The van der Waals surface area contributed by atoms with E-state index in [-0.39, 0.29) is 6.10 Å². The maximum atomic E-state index is 10.8. The Morgan fingerprint density at radius 2 is 2.35 bits per heavy atom. The number of hydrogen-bond acceptors (Lipinski definition) is 3. The molecule has 1 aromatic carbocycles. The van der Waals surface area contributed by atoms with Gasteiger partial charge in [0.15, 0.2) is 6.29 Å². The van der Waals surface area contributed by atoms with E-state index < -0.39 is 0 Å². The summed E-state index contributed by atoms with van der Waals surface area (Å²) in [5.41, 5.74) is 0.604. The van der Waals surface area contributed by atoms with E-state index in [2.05, 4.69) is 15.9 Å². The highest BCUT2D eigenvalue weighted by Gasteiger charge is 2.14. The molecule has 0 aliphatic carbocycles. The lowest BCUT2D eigenvalue weighted by atomic mass is 10.1. The maximum absolute atomic E-state index is 10.8. The van der Waals surface area contributed by atoms with Gasteiger partial charge in [-0.15, -0.1) is 0 Å². The fourth-order valence-electron chi connectivity index (χ4n) is 1.83. The summed E-state index contributed by atoms with van der Waals surface area (Å²) in [7, 11) is 0. The fraction of sp³-hybridized carbons (Fsp3) is 0.462. The Hall–Kier alpha value is -0.870. The molecule has 3 nitrogen and oxygen atoms in total. The molecule has 1 aliphatic heterocycles. The molecule has 0 aromatic heterocycles. The second-order valence-electron chi connectivity index (χ2n) is 4.10. The first-order chi connectivity index (χ1) is 8.29. The van der Waals surface area contributed by atoms with Crippen molar-refractivity contribution in [2.75, 3.05) is 13.2 Å². The van der Waals surface area contributed by atoms with Crippen molar-refractivity contribution in [1.29, 1.82) is 0 Å². The largest absolute Gasteiger partial charge is 0.491 e. The first-order valence-electron chi connectivity index (χ1n) is 5.79. The van der Waals surface area contributed by atoms with Crippen LogP contribution in [0.2, 0.25) is 0 Å². The lowest BCUT2D eigenvalue weighted by Gasteiger charge is -2.22. The molecule has 1 unspecified atom stereocenters. The van der Waals surface area contributed by atoms with Gasteiger partial charge in [-0.3, -0.25) is 4.79 Å². The fourth-order valence-corrected chi connectivity index (χ4v) is 2.17. The van der Waals surface area contributed by atoms with Gasteiger partial charge in [-0.25, -0.2) is 0 Å². The summed E-state index contributed by atoms with van der Waals surface area (Å²) in [6.45, 7) is 1.38. The van der Waals surface area contributed by atoms with Crippen LogP contribution < -0.4 is 4.74 Å². The molecule has 17 heavy (non-hydrogen) atoms. The van der Waals surface area contributed by atoms with E-state index in [9.17, 15) is 4.79 Å². The van der Waals surface area contributed by atoms with Gasteiger partial charge < -0.3 is 9.47 Å². The van der Waals surface area contributed by atoms with Crippen LogP contribution in [0.3, 0.4) is 0 Å². The summed E-state index contributed by atoms with van der Waals surface area (Å²) in [6.07, 6.45) is 4.40. The highest BCUT2D eigenvalue weighted by atomic mass is 79.9. The maximum Gasteiger partial charge on any atom is 0.151 e. The van der Waals surface area contributed by atoms with Crippen molar-refractivity contribution in [3.63, 3.8) is 0 Å². The second-order valence-corrected chi connectivity index (χ2v) is 4.96. The van der Waals surface area contributed by atoms with Gasteiger partial charge in [0, 0.05) is 16.6 Å². The molecule has 1 aliphatic rings. The second kappa shape index (κ2) is 6.17. The van der Waals surface area contributed by atoms with Crippen molar-refractivity contribution in [3.8, 4) is 5.75 Å². The van der Waals surface area contributed by atoms with Crippen molar-refractivity contribution in [1.82, 2.24) is 0 Å². The normalized spacial score (nSPS) is 19.9. The van der Waals surface area contributed by atoms with Gasteiger partial charge in [-0.2, -0.15) is 0 Å². The number of carbonyl (C=O) groups excluding carboxylic acids is 1. The predicted molar refractivity (Wildman–Crippen MR) is 68.6 cm³/mol. The Bertz CT molecular complexity index is 386. The number of halogens is 1. The van der Waals surface area contributed by atoms with Crippen LogP contribution in [0, 0.1) is 0 Å². The Labute approximate surface area is 109 Å². The zero-order valence-electron chi connectivity index (χ0n) is 9.52. The molecule has 1 heterocycles. The van der Waals surface area contributed by atoms with Crippen LogP contribution in [0.1, 0.15) is 29.6 Å². The molecular weight excluding hydrogens is 284 g/mol. The van der Waals surface area contributed by atoms with Crippen molar-refractivity contribution in [2.24, 2.45) is 0 Å². The third-order valence-corrected chi connectivity index (χ3v) is 3.53. The SMILES string of the molecule is O=Cc1cc(OCC2CCCCO2)ccc1Br. The smallest absolute Gasteiger partial charge is 0.151 e. The van der Waals surface area contributed by atoms with E-state index in [0.29, 0.717) is 17.9 Å². The molecule has 1 aromatic rings. The van der Waals surface area contributed by atoms with E-state index in [1.54, 1.807) is 6.07 Å². The molecule has 1 atom stereocenters. The van der Waals surface area contributed by atoms with Crippen LogP contribution in [0.5, 0.6) is 5.75 Å². The van der Waals surface area contributed by atoms with Crippen molar-refractivity contribution in [2.45, 2.75) is 25.4 Å². The van der Waals surface area contributed by atoms with Gasteiger partial charge >= 0.3 is 0 Å². The number of hydrogen-bond donors (Lipinski definition) is 0. The van der Waals surface area contributed by atoms with Gasteiger partial charge in [0.05, 0.1) is 6.10 Å².